The zero-order chi connectivity index (χ0) is 16.7. The Morgan fingerprint density at radius 2 is 1.78 bits per heavy atom. The van der Waals surface area contributed by atoms with Crippen molar-refractivity contribution >= 4 is 5.91 Å². The lowest BCUT2D eigenvalue weighted by molar-refractivity contribution is -0.129. The van der Waals surface area contributed by atoms with Crippen LogP contribution in [-0.2, 0) is 11.2 Å². The molecule has 4 nitrogen and oxygen atoms in total. The SMILES string of the molecule is COc1ccc(CC(=O)N(C)CCOc2ccccc2C)cc1. The molecule has 2 aromatic rings. The Balaban J connectivity index is 1.79. The predicted octanol–water partition coefficient (Wildman–Crippen LogP) is 3.08. The number of likely N-dealkylation sites (N-methyl/N-ethyl adjacent to an activating group) is 1. The standard InChI is InChI=1S/C19H23NO3/c1-15-6-4-5-7-18(15)23-13-12-20(2)19(21)14-16-8-10-17(22-3)11-9-16/h4-11H,12-14H2,1-3H3. The molecule has 0 bridgehead atoms. The highest BCUT2D eigenvalue weighted by atomic mass is 16.5. The van der Waals surface area contributed by atoms with Gasteiger partial charge in [0.25, 0.3) is 0 Å². The number of hydrogen-bond donors (Lipinski definition) is 0. The van der Waals surface area contributed by atoms with Gasteiger partial charge in [0, 0.05) is 7.05 Å². The molecular weight excluding hydrogens is 290 g/mol. The quantitative estimate of drug-likeness (QED) is 0.788. The number of rotatable bonds is 7. The maximum absolute atomic E-state index is 12.2. The number of amides is 1. The number of carbonyl (C=O) groups excluding carboxylic acids is 1. The molecule has 0 aliphatic carbocycles. The highest BCUT2D eigenvalue weighted by Crippen LogP contribution is 2.16. The van der Waals surface area contributed by atoms with Crippen LogP contribution in [0.1, 0.15) is 11.1 Å². The summed E-state index contributed by atoms with van der Waals surface area (Å²) in [4.78, 5) is 13.9. The highest BCUT2D eigenvalue weighted by Gasteiger charge is 2.10. The first-order chi connectivity index (χ1) is 11.1. The Morgan fingerprint density at radius 1 is 1.09 bits per heavy atom. The van der Waals surface area contributed by atoms with Crippen molar-refractivity contribution in [3.8, 4) is 11.5 Å². The molecule has 2 rings (SSSR count). The van der Waals surface area contributed by atoms with Gasteiger partial charge in [-0.15, -0.1) is 0 Å². The van der Waals surface area contributed by atoms with Gasteiger partial charge in [0.1, 0.15) is 18.1 Å². The molecule has 1 amide bonds. The summed E-state index contributed by atoms with van der Waals surface area (Å²) in [5.74, 6) is 1.73. The van der Waals surface area contributed by atoms with Crippen LogP contribution in [0.25, 0.3) is 0 Å². The lowest BCUT2D eigenvalue weighted by Crippen LogP contribution is -2.32. The topological polar surface area (TPSA) is 38.8 Å². The molecule has 0 spiro atoms. The molecule has 4 heteroatoms. The van der Waals surface area contributed by atoms with Gasteiger partial charge in [-0.3, -0.25) is 4.79 Å². The average Bonchev–Trinajstić information content (AvgIpc) is 2.57. The van der Waals surface area contributed by atoms with Crippen LogP contribution in [0.2, 0.25) is 0 Å². The fourth-order valence-corrected chi connectivity index (χ4v) is 2.19. The first-order valence-electron chi connectivity index (χ1n) is 7.65. The molecule has 23 heavy (non-hydrogen) atoms. The summed E-state index contributed by atoms with van der Waals surface area (Å²) in [5, 5.41) is 0. The minimum atomic E-state index is 0.0727. The van der Waals surface area contributed by atoms with Gasteiger partial charge in [-0.1, -0.05) is 30.3 Å². The van der Waals surface area contributed by atoms with E-state index in [0.29, 0.717) is 19.6 Å². The summed E-state index contributed by atoms with van der Waals surface area (Å²) in [7, 11) is 3.43. The molecule has 0 heterocycles. The second-order valence-electron chi connectivity index (χ2n) is 5.45. The van der Waals surface area contributed by atoms with Crippen molar-refractivity contribution in [2.24, 2.45) is 0 Å². The monoisotopic (exact) mass is 313 g/mol. The third-order valence-electron chi connectivity index (χ3n) is 3.72. The molecule has 0 atom stereocenters. The van der Waals surface area contributed by atoms with E-state index in [1.807, 2.05) is 55.5 Å². The fraction of sp³-hybridized carbons (Fsp3) is 0.316. The summed E-state index contributed by atoms with van der Waals surface area (Å²) >= 11 is 0. The van der Waals surface area contributed by atoms with Gasteiger partial charge >= 0.3 is 0 Å². The minimum absolute atomic E-state index is 0.0727. The molecular formula is C19H23NO3. The van der Waals surface area contributed by atoms with Gasteiger partial charge < -0.3 is 14.4 Å². The van der Waals surface area contributed by atoms with Gasteiger partial charge in [-0.05, 0) is 36.2 Å². The Labute approximate surface area is 137 Å². The Morgan fingerprint density at radius 3 is 2.43 bits per heavy atom. The van der Waals surface area contributed by atoms with Crippen LogP contribution < -0.4 is 9.47 Å². The first kappa shape index (κ1) is 16.9. The zero-order valence-electron chi connectivity index (χ0n) is 13.9. The van der Waals surface area contributed by atoms with Gasteiger partial charge in [-0.2, -0.15) is 0 Å². The first-order valence-corrected chi connectivity index (χ1v) is 7.65. The van der Waals surface area contributed by atoms with Crippen molar-refractivity contribution < 1.29 is 14.3 Å². The molecule has 122 valence electrons. The van der Waals surface area contributed by atoms with Crippen LogP contribution in [0.3, 0.4) is 0 Å². The van der Waals surface area contributed by atoms with E-state index >= 15 is 0 Å². The number of ether oxygens (including phenoxy) is 2. The van der Waals surface area contributed by atoms with E-state index in [0.717, 1.165) is 22.6 Å². The Hall–Kier alpha value is -2.49. The van der Waals surface area contributed by atoms with Crippen molar-refractivity contribution in [2.75, 3.05) is 27.3 Å². The third-order valence-corrected chi connectivity index (χ3v) is 3.72. The number of benzene rings is 2. The molecule has 0 saturated carbocycles. The molecule has 0 saturated heterocycles. The Bertz CT molecular complexity index is 637. The minimum Gasteiger partial charge on any atom is -0.497 e. The van der Waals surface area contributed by atoms with Crippen molar-refractivity contribution in [3.63, 3.8) is 0 Å². The largest absolute Gasteiger partial charge is 0.497 e. The summed E-state index contributed by atoms with van der Waals surface area (Å²) in [6.45, 7) is 3.05. The summed E-state index contributed by atoms with van der Waals surface area (Å²) in [6.07, 6.45) is 0.380. The van der Waals surface area contributed by atoms with E-state index < -0.39 is 0 Å². The van der Waals surface area contributed by atoms with Crippen LogP contribution in [0.15, 0.2) is 48.5 Å². The number of carbonyl (C=O) groups is 1. The predicted molar refractivity (Wildman–Crippen MR) is 91.0 cm³/mol. The maximum atomic E-state index is 12.2. The second kappa shape index (κ2) is 8.22. The van der Waals surface area contributed by atoms with Crippen molar-refractivity contribution in [3.05, 3.63) is 59.7 Å². The summed E-state index contributed by atoms with van der Waals surface area (Å²) in [6, 6.07) is 15.4. The highest BCUT2D eigenvalue weighted by molar-refractivity contribution is 5.78. The van der Waals surface area contributed by atoms with Gasteiger partial charge in [-0.25, -0.2) is 0 Å². The number of methoxy groups -OCH3 is 1. The normalized spacial score (nSPS) is 10.2. The second-order valence-corrected chi connectivity index (χ2v) is 5.45. The van der Waals surface area contributed by atoms with E-state index in [9.17, 15) is 4.79 Å². The van der Waals surface area contributed by atoms with Crippen molar-refractivity contribution in [1.82, 2.24) is 4.90 Å². The van der Waals surface area contributed by atoms with Crippen LogP contribution in [-0.4, -0.2) is 38.1 Å². The smallest absolute Gasteiger partial charge is 0.226 e. The van der Waals surface area contributed by atoms with Crippen molar-refractivity contribution in [2.45, 2.75) is 13.3 Å². The molecule has 0 aliphatic heterocycles. The summed E-state index contributed by atoms with van der Waals surface area (Å²) in [5.41, 5.74) is 2.07. The van der Waals surface area contributed by atoms with Gasteiger partial charge in [0.05, 0.1) is 20.1 Å². The average molecular weight is 313 g/mol. The number of para-hydroxylation sites is 1. The molecule has 0 N–H and O–H groups in total. The molecule has 2 aromatic carbocycles. The molecule has 0 aromatic heterocycles. The lowest BCUT2D eigenvalue weighted by Gasteiger charge is -2.18. The van der Waals surface area contributed by atoms with Crippen molar-refractivity contribution in [1.29, 1.82) is 0 Å². The van der Waals surface area contributed by atoms with Crippen LogP contribution in [0.4, 0.5) is 0 Å². The van der Waals surface area contributed by atoms with E-state index in [-0.39, 0.29) is 5.91 Å². The zero-order valence-corrected chi connectivity index (χ0v) is 13.9. The van der Waals surface area contributed by atoms with E-state index in [4.69, 9.17) is 9.47 Å². The Kier molecular flexibility index (Phi) is 6.03. The number of nitrogens with zero attached hydrogens (tertiary/aromatic N) is 1. The fourth-order valence-electron chi connectivity index (χ4n) is 2.19. The van der Waals surface area contributed by atoms with Crippen LogP contribution >= 0.6 is 0 Å². The molecule has 0 aliphatic rings. The molecule has 0 radical (unpaired) electrons. The van der Waals surface area contributed by atoms with E-state index in [1.165, 1.54) is 0 Å². The van der Waals surface area contributed by atoms with Crippen LogP contribution in [0, 0.1) is 6.92 Å². The van der Waals surface area contributed by atoms with Crippen LogP contribution in [0.5, 0.6) is 11.5 Å². The van der Waals surface area contributed by atoms with E-state index in [2.05, 4.69) is 0 Å². The maximum Gasteiger partial charge on any atom is 0.226 e. The third kappa shape index (κ3) is 5.02. The molecule has 0 fully saturated rings. The lowest BCUT2D eigenvalue weighted by atomic mass is 10.1. The summed E-state index contributed by atoms with van der Waals surface area (Å²) < 4.78 is 10.8. The van der Waals surface area contributed by atoms with Gasteiger partial charge in [0.15, 0.2) is 0 Å². The van der Waals surface area contributed by atoms with E-state index in [1.54, 1.807) is 19.1 Å². The molecule has 0 unspecified atom stereocenters. The number of aryl methyl sites for hydroxylation is 1. The number of hydrogen-bond acceptors (Lipinski definition) is 3. The van der Waals surface area contributed by atoms with Gasteiger partial charge in [0.2, 0.25) is 5.91 Å².